The standard InChI is InChI=1S/C31H36N4O4S/c1-22(2)34(23(3)4)18-16-33-31(36)30-29-14-13-27(39-26-10-6-5-7-11-26)20-25(29)15-17-35(30)40(37,38)28-12-8-9-24(19-28)21-32/h5-14,19-20,22-23,30H,15-18H2,1-4H3,(H,33,36). The van der Waals surface area contributed by atoms with Crippen LogP contribution < -0.4 is 10.1 Å². The average Bonchev–Trinajstić information content (AvgIpc) is 2.94. The Morgan fingerprint density at radius 1 is 1.02 bits per heavy atom. The average molecular weight is 561 g/mol. The van der Waals surface area contributed by atoms with Gasteiger partial charge in [-0.2, -0.15) is 9.57 Å². The van der Waals surface area contributed by atoms with E-state index < -0.39 is 16.1 Å². The van der Waals surface area contributed by atoms with Gasteiger partial charge < -0.3 is 10.1 Å². The maximum atomic E-state index is 13.9. The SMILES string of the molecule is CC(C)N(CCNC(=O)C1c2ccc(Oc3ccccc3)cc2CCN1S(=O)(=O)c1cccc(C#N)c1)C(C)C. The first-order valence-electron chi connectivity index (χ1n) is 13.5. The molecule has 4 rings (SSSR count). The molecule has 0 fully saturated rings. The van der Waals surface area contributed by atoms with E-state index in [4.69, 9.17) is 4.74 Å². The molecule has 0 aliphatic carbocycles. The van der Waals surface area contributed by atoms with Gasteiger partial charge >= 0.3 is 0 Å². The van der Waals surface area contributed by atoms with Crippen molar-refractivity contribution in [1.29, 1.82) is 5.26 Å². The van der Waals surface area contributed by atoms with Crippen molar-refractivity contribution in [3.63, 3.8) is 0 Å². The van der Waals surface area contributed by atoms with Crippen LogP contribution in [0, 0.1) is 11.3 Å². The predicted octanol–water partition coefficient (Wildman–Crippen LogP) is 4.87. The van der Waals surface area contributed by atoms with Crippen LogP contribution in [-0.4, -0.2) is 55.2 Å². The topological polar surface area (TPSA) is 103 Å². The maximum Gasteiger partial charge on any atom is 0.244 e. The number of hydrogen-bond donors (Lipinski definition) is 1. The van der Waals surface area contributed by atoms with Gasteiger partial charge in [-0.25, -0.2) is 8.42 Å². The molecule has 0 aromatic heterocycles. The third-order valence-corrected chi connectivity index (χ3v) is 8.95. The number of nitriles is 1. The van der Waals surface area contributed by atoms with Gasteiger partial charge in [0.1, 0.15) is 17.5 Å². The van der Waals surface area contributed by atoms with Gasteiger partial charge in [-0.3, -0.25) is 9.69 Å². The summed E-state index contributed by atoms with van der Waals surface area (Å²) in [7, 11) is -4.08. The summed E-state index contributed by atoms with van der Waals surface area (Å²) >= 11 is 0. The molecule has 0 radical (unpaired) electrons. The van der Waals surface area contributed by atoms with Gasteiger partial charge in [0.05, 0.1) is 16.5 Å². The summed E-state index contributed by atoms with van der Waals surface area (Å²) in [5.74, 6) is 0.922. The van der Waals surface area contributed by atoms with Crippen LogP contribution in [0.15, 0.2) is 77.7 Å². The minimum absolute atomic E-state index is 0.0115. The summed E-state index contributed by atoms with van der Waals surface area (Å²) < 4.78 is 35.0. The molecule has 3 aromatic rings. The Morgan fingerprint density at radius 2 is 1.75 bits per heavy atom. The highest BCUT2D eigenvalue weighted by Crippen LogP contribution is 2.37. The minimum Gasteiger partial charge on any atom is -0.457 e. The highest BCUT2D eigenvalue weighted by atomic mass is 32.2. The Bertz CT molecular complexity index is 1470. The lowest BCUT2D eigenvalue weighted by atomic mass is 9.93. The van der Waals surface area contributed by atoms with E-state index in [1.54, 1.807) is 18.2 Å². The van der Waals surface area contributed by atoms with Crippen molar-refractivity contribution in [2.24, 2.45) is 0 Å². The molecule has 1 amide bonds. The van der Waals surface area contributed by atoms with E-state index >= 15 is 0 Å². The van der Waals surface area contributed by atoms with E-state index in [2.05, 4.69) is 37.9 Å². The first kappa shape index (κ1) is 29.3. The van der Waals surface area contributed by atoms with E-state index in [0.717, 1.165) is 5.56 Å². The summed E-state index contributed by atoms with van der Waals surface area (Å²) in [5, 5.41) is 12.3. The van der Waals surface area contributed by atoms with Crippen molar-refractivity contribution < 1.29 is 17.9 Å². The molecule has 9 heteroatoms. The number of amides is 1. The number of benzene rings is 3. The molecule has 8 nitrogen and oxygen atoms in total. The van der Waals surface area contributed by atoms with E-state index in [0.29, 0.717) is 48.7 Å². The van der Waals surface area contributed by atoms with Crippen molar-refractivity contribution in [1.82, 2.24) is 14.5 Å². The zero-order valence-electron chi connectivity index (χ0n) is 23.4. The summed E-state index contributed by atoms with van der Waals surface area (Å²) in [6.07, 6.45) is 0.413. The van der Waals surface area contributed by atoms with Crippen LogP contribution in [0.4, 0.5) is 0 Å². The summed E-state index contributed by atoms with van der Waals surface area (Å²) in [4.78, 5) is 16.0. The number of carbonyl (C=O) groups excluding carboxylic acids is 1. The Morgan fingerprint density at radius 3 is 2.42 bits per heavy atom. The van der Waals surface area contributed by atoms with Gasteiger partial charge in [0.15, 0.2) is 0 Å². The van der Waals surface area contributed by atoms with Gasteiger partial charge in [0.2, 0.25) is 15.9 Å². The number of para-hydroxylation sites is 1. The minimum atomic E-state index is -4.08. The molecule has 1 heterocycles. The summed E-state index contributed by atoms with van der Waals surface area (Å²) in [5.41, 5.74) is 1.72. The fourth-order valence-electron chi connectivity index (χ4n) is 5.18. The number of nitrogens with zero attached hydrogens (tertiary/aromatic N) is 3. The first-order valence-corrected chi connectivity index (χ1v) is 15.0. The van der Waals surface area contributed by atoms with E-state index in [-0.39, 0.29) is 22.9 Å². The smallest absolute Gasteiger partial charge is 0.244 e. The number of hydrogen-bond acceptors (Lipinski definition) is 6. The van der Waals surface area contributed by atoms with E-state index in [1.807, 2.05) is 42.5 Å². The van der Waals surface area contributed by atoms with Crippen molar-refractivity contribution in [2.75, 3.05) is 19.6 Å². The van der Waals surface area contributed by atoms with E-state index in [1.165, 1.54) is 22.5 Å². The third-order valence-electron chi connectivity index (χ3n) is 7.09. The number of carbonyl (C=O) groups is 1. The molecule has 1 aliphatic rings. The summed E-state index contributed by atoms with van der Waals surface area (Å²) in [6, 6.07) is 22.3. The molecule has 210 valence electrons. The van der Waals surface area contributed by atoms with Gasteiger partial charge in [-0.05, 0) is 87.7 Å². The molecule has 0 spiro atoms. The number of rotatable bonds is 10. The Balaban J connectivity index is 1.66. The highest BCUT2D eigenvalue weighted by molar-refractivity contribution is 7.89. The van der Waals surface area contributed by atoms with Crippen LogP contribution in [0.1, 0.15) is 50.4 Å². The zero-order chi connectivity index (χ0) is 28.9. The molecule has 0 saturated carbocycles. The Hall–Kier alpha value is -3.71. The molecule has 1 unspecified atom stereocenters. The zero-order valence-corrected chi connectivity index (χ0v) is 24.2. The predicted molar refractivity (Wildman–Crippen MR) is 154 cm³/mol. The Labute approximate surface area is 237 Å². The number of fused-ring (bicyclic) bond motifs is 1. The second-order valence-electron chi connectivity index (χ2n) is 10.4. The molecule has 3 aromatic carbocycles. The molecule has 1 N–H and O–H groups in total. The fraction of sp³-hybridized carbons (Fsp3) is 0.355. The first-order chi connectivity index (χ1) is 19.1. The monoisotopic (exact) mass is 560 g/mol. The molecule has 1 aliphatic heterocycles. The van der Waals surface area contributed by atoms with Gasteiger partial charge in [-0.1, -0.05) is 30.3 Å². The molecule has 40 heavy (non-hydrogen) atoms. The molecular formula is C31H36N4O4S. The molecule has 0 saturated heterocycles. The highest BCUT2D eigenvalue weighted by Gasteiger charge is 2.41. The van der Waals surface area contributed by atoms with Crippen LogP contribution in [0.5, 0.6) is 11.5 Å². The normalized spacial score (nSPS) is 15.6. The second kappa shape index (κ2) is 12.6. The lowest BCUT2D eigenvalue weighted by molar-refractivity contribution is -0.125. The quantitative estimate of drug-likeness (QED) is 0.379. The lowest BCUT2D eigenvalue weighted by Crippen LogP contribution is -2.49. The van der Waals surface area contributed by atoms with Crippen molar-refractivity contribution in [2.45, 2.75) is 57.1 Å². The van der Waals surface area contributed by atoms with Crippen LogP contribution >= 0.6 is 0 Å². The lowest BCUT2D eigenvalue weighted by Gasteiger charge is -2.36. The molecule has 1 atom stereocenters. The van der Waals surface area contributed by atoms with Gasteiger partial charge in [-0.15, -0.1) is 0 Å². The van der Waals surface area contributed by atoms with Crippen molar-refractivity contribution >= 4 is 15.9 Å². The Kier molecular flexibility index (Phi) is 9.25. The van der Waals surface area contributed by atoms with Gasteiger partial charge in [0.25, 0.3) is 0 Å². The van der Waals surface area contributed by atoms with Crippen LogP contribution in [0.2, 0.25) is 0 Å². The largest absolute Gasteiger partial charge is 0.457 e. The van der Waals surface area contributed by atoms with Crippen molar-refractivity contribution in [3.05, 3.63) is 89.5 Å². The van der Waals surface area contributed by atoms with E-state index in [9.17, 15) is 18.5 Å². The number of nitrogens with one attached hydrogen (secondary N) is 1. The van der Waals surface area contributed by atoms with Crippen LogP contribution in [0.3, 0.4) is 0 Å². The van der Waals surface area contributed by atoms with Gasteiger partial charge in [0, 0.05) is 31.7 Å². The van der Waals surface area contributed by atoms with Crippen LogP contribution in [0.25, 0.3) is 0 Å². The maximum absolute atomic E-state index is 13.9. The van der Waals surface area contributed by atoms with Crippen molar-refractivity contribution in [3.8, 4) is 17.6 Å². The van der Waals surface area contributed by atoms with Crippen LogP contribution in [-0.2, 0) is 21.2 Å². The number of ether oxygens (including phenoxy) is 1. The second-order valence-corrected chi connectivity index (χ2v) is 12.3. The third kappa shape index (κ3) is 6.53. The number of sulfonamides is 1. The molecule has 0 bridgehead atoms. The molecular weight excluding hydrogens is 524 g/mol. The summed E-state index contributed by atoms with van der Waals surface area (Å²) in [6.45, 7) is 9.57. The fourth-order valence-corrected chi connectivity index (χ4v) is 6.79.